The lowest BCUT2D eigenvalue weighted by Crippen LogP contribution is -2.54. The zero-order chi connectivity index (χ0) is 15.3. The fourth-order valence-electron chi connectivity index (χ4n) is 3.08. The topological polar surface area (TPSA) is 35.5 Å². The van der Waals surface area contributed by atoms with Crippen molar-refractivity contribution in [1.82, 2.24) is 10.2 Å². The highest BCUT2D eigenvalue weighted by Gasteiger charge is 2.37. The molecule has 0 spiro atoms. The minimum atomic E-state index is -0.366. The summed E-state index contributed by atoms with van der Waals surface area (Å²) in [6, 6.07) is 11.0. The van der Waals surface area contributed by atoms with Gasteiger partial charge in [0.15, 0.2) is 0 Å². The van der Waals surface area contributed by atoms with E-state index in [-0.39, 0.29) is 12.1 Å². The maximum Gasteiger partial charge on any atom is 0.0797 e. The number of nitrogens with one attached hydrogen (secondary N) is 1. The SMILES string of the molecule is CCCNC(CO)(CN(C)C(C)C1CC1)c1ccccc1. The van der Waals surface area contributed by atoms with E-state index >= 15 is 0 Å². The Balaban J connectivity index is 2.17. The minimum Gasteiger partial charge on any atom is -0.394 e. The first-order valence-corrected chi connectivity index (χ1v) is 8.24. The predicted molar refractivity (Wildman–Crippen MR) is 88.3 cm³/mol. The molecule has 0 aliphatic heterocycles. The predicted octanol–water partition coefficient (Wildman–Crippen LogP) is 2.60. The third-order valence-corrected chi connectivity index (χ3v) is 4.83. The van der Waals surface area contributed by atoms with Gasteiger partial charge in [-0.25, -0.2) is 0 Å². The van der Waals surface area contributed by atoms with Gasteiger partial charge in [-0.2, -0.15) is 0 Å². The van der Waals surface area contributed by atoms with Gasteiger partial charge in [0, 0.05) is 12.6 Å². The number of hydrogen-bond acceptors (Lipinski definition) is 3. The van der Waals surface area contributed by atoms with Gasteiger partial charge in [0.2, 0.25) is 0 Å². The van der Waals surface area contributed by atoms with Crippen LogP contribution in [0.15, 0.2) is 30.3 Å². The average molecular weight is 290 g/mol. The van der Waals surface area contributed by atoms with Crippen LogP contribution in [0.2, 0.25) is 0 Å². The highest BCUT2D eigenvalue weighted by atomic mass is 16.3. The van der Waals surface area contributed by atoms with Crippen molar-refractivity contribution in [2.45, 2.75) is 44.7 Å². The molecular formula is C18H30N2O. The summed E-state index contributed by atoms with van der Waals surface area (Å²) in [5.74, 6) is 0.841. The van der Waals surface area contributed by atoms with Gasteiger partial charge in [-0.1, -0.05) is 37.3 Å². The average Bonchev–Trinajstić information content (AvgIpc) is 3.36. The molecule has 118 valence electrons. The first-order valence-electron chi connectivity index (χ1n) is 8.24. The summed E-state index contributed by atoms with van der Waals surface area (Å²) in [4.78, 5) is 2.41. The molecule has 1 saturated carbocycles. The van der Waals surface area contributed by atoms with Gasteiger partial charge in [0.05, 0.1) is 12.1 Å². The van der Waals surface area contributed by atoms with E-state index in [2.05, 4.69) is 55.4 Å². The lowest BCUT2D eigenvalue weighted by molar-refractivity contribution is 0.0968. The van der Waals surface area contributed by atoms with Crippen LogP contribution in [0.4, 0.5) is 0 Å². The zero-order valence-electron chi connectivity index (χ0n) is 13.7. The van der Waals surface area contributed by atoms with Gasteiger partial charge in [-0.3, -0.25) is 0 Å². The summed E-state index contributed by atoms with van der Waals surface area (Å²) in [5, 5.41) is 13.8. The van der Waals surface area contributed by atoms with Crippen LogP contribution in [0.3, 0.4) is 0 Å². The summed E-state index contributed by atoms with van der Waals surface area (Å²) in [7, 11) is 2.18. The van der Waals surface area contributed by atoms with Crippen molar-refractivity contribution in [2.75, 3.05) is 26.7 Å². The minimum absolute atomic E-state index is 0.124. The van der Waals surface area contributed by atoms with Crippen LogP contribution in [0.25, 0.3) is 0 Å². The van der Waals surface area contributed by atoms with Gasteiger partial charge in [0.1, 0.15) is 0 Å². The molecule has 0 bridgehead atoms. The Morgan fingerprint density at radius 2 is 2.00 bits per heavy atom. The highest BCUT2D eigenvalue weighted by Crippen LogP contribution is 2.35. The fourth-order valence-corrected chi connectivity index (χ4v) is 3.08. The number of nitrogens with zero attached hydrogens (tertiary/aromatic N) is 1. The summed E-state index contributed by atoms with van der Waals surface area (Å²) in [5.41, 5.74) is 0.811. The van der Waals surface area contributed by atoms with Crippen molar-refractivity contribution >= 4 is 0 Å². The Bertz CT molecular complexity index is 418. The lowest BCUT2D eigenvalue weighted by Gasteiger charge is -2.39. The van der Waals surface area contributed by atoms with E-state index in [9.17, 15) is 5.11 Å². The van der Waals surface area contributed by atoms with E-state index in [4.69, 9.17) is 0 Å². The summed E-state index contributed by atoms with van der Waals surface area (Å²) in [6.45, 7) is 6.35. The molecule has 1 aromatic carbocycles. The quantitative estimate of drug-likeness (QED) is 0.734. The molecule has 3 nitrogen and oxygen atoms in total. The molecule has 1 aromatic rings. The van der Waals surface area contributed by atoms with Crippen LogP contribution in [0.1, 0.15) is 38.7 Å². The fraction of sp³-hybridized carbons (Fsp3) is 0.667. The first kappa shape index (κ1) is 16.5. The summed E-state index contributed by atoms with van der Waals surface area (Å²) >= 11 is 0. The smallest absolute Gasteiger partial charge is 0.0797 e. The zero-order valence-corrected chi connectivity index (χ0v) is 13.7. The van der Waals surface area contributed by atoms with Gasteiger partial charge in [0.25, 0.3) is 0 Å². The molecule has 0 amide bonds. The normalized spacial score (nSPS) is 19.5. The third kappa shape index (κ3) is 4.06. The van der Waals surface area contributed by atoms with Gasteiger partial charge >= 0.3 is 0 Å². The van der Waals surface area contributed by atoms with E-state index in [1.54, 1.807) is 0 Å². The number of benzene rings is 1. The van der Waals surface area contributed by atoms with E-state index in [1.165, 1.54) is 18.4 Å². The molecule has 0 heterocycles. The monoisotopic (exact) mass is 290 g/mol. The number of aliphatic hydroxyl groups is 1. The molecule has 0 aromatic heterocycles. The molecule has 21 heavy (non-hydrogen) atoms. The maximum atomic E-state index is 10.2. The lowest BCUT2D eigenvalue weighted by atomic mass is 9.89. The number of rotatable bonds is 9. The van der Waals surface area contributed by atoms with Gasteiger partial charge in [-0.05, 0) is 51.3 Å². The van der Waals surface area contributed by atoms with E-state index < -0.39 is 0 Å². The second-order valence-electron chi connectivity index (χ2n) is 6.53. The van der Waals surface area contributed by atoms with Crippen LogP contribution >= 0.6 is 0 Å². The van der Waals surface area contributed by atoms with Crippen molar-refractivity contribution in [3.63, 3.8) is 0 Å². The molecule has 0 radical (unpaired) electrons. The standard InChI is InChI=1S/C18H30N2O/c1-4-12-19-18(14-21,17-8-6-5-7-9-17)13-20(3)15(2)16-10-11-16/h5-9,15-16,19,21H,4,10-14H2,1-3H3. The molecule has 2 N–H and O–H groups in total. The molecule has 0 saturated heterocycles. The van der Waals surface area contributed by atoms with Gasteiger partial charge in [-0.15, -0.1) is 0 Å². The first-order chi connectivity index (χ1) is 10.1. The van der Waals surface area contributed by atoms with Crippen molar-refractivity contribution in [1.29, 1.82) is 0 Å². The molecule has 3 heteroatoms. The Morgan fingerprint density at radius 3 is 2.52 bits per heavy atom. The molecular weight excluding hydrogens is 260 g/mol. The van der Waals surface area contributed by atoms with Crippen LogP contribution in [0.5, 0.6) is 0 Å². The largest absolute Gasteiger partial charge is 0.394 e. The number of hydrogen-bond donors (Lipinski definition) is 2. The Labute approximate surface area is 129 Å². The number of likely N-dealkylation sites (N-methyl/N-ethyl adjacent to an activating group) is 1. The molecule has 1 aliphatic rings. The van der Waals surface area contributed by atoms with E-state index in [1.807, 2.05) is 6.07 Å². The third-order valence-electron chi connectivity index (χ3n) is 4.83. The second-order valence-corrected chi connectivity index (χ2v) is 6.53. The van der Waals surface area contributed by atoms with E-state index in [0.717, 1.165) is 25.4 Å². The Kier molecular flexibility index (Phi) is 5.80. The Morgan fingerprint density at radius 1 is 1.33 bits per heavy atom. The molecule has 2 atom stereocenters. The van der Waals surface area contributed by atoms with Crippen LogP contribution in [-0.4, -0.2) is 42.8 Å². The molecule has 1 fully saturated rings. The van der Waals surface area contributed by atoms with Gasteiger partial charge < -0.3 is 15.3 Å². The van der Waals surface area contributed by atoms with Crippen LogP contribution in [0, 0.1) is 5.92 Å². The second kappa shape index (κ2) is 7.39. The highest BCUT2D eigenvalue weighted by molar-refractivity contribution is 5.25. The van der Waals surface area contributed by atoms with Crippen LogP contribution < -0.4 is 5.32 Å². The van der Waals surface area contributed by atoms with Crippen molar-refractivity contribution in [3.8, 4) is 0 Å². The Hall–Kier alpha value is -0.900. The van der Waals surface area contributed by atoms with Crippen molar-refractivity contribution in [3.05, 3.63) is 35.9 Å². The van der Waals surface area contributed by atoms with E-state index in [0.29, 0.717) is 6.04 Å². The summed E-state index contributed by atoms with van der Waals surface area (Å²) in [6.07, 6.45) is 3.77. The molecule has 1 aliphatic carbocycles. The van der Waals surface area contributed by atoms with Crippen LogP contribution in [-0.2, 0) is 5.54 Å². The molecule has 2 rings (SSSR count). The molecule has 2 unspecified atom stereocenters. The van der Waals surface area contributed by atoms with Crippen molar-refractivity contribution < 1.29 is 5.11 Å². The number of aliphatic hydroxyl groups excluding tert-OH is 1. The van der Waals surface area contributed by atoms with Crippen molar-refractivity contribution in [2.24, 2.45) is 5.92 Å². The summed E-state index contributed by atoms with van der Waals surface area (Å²) < 4.78 is 0. The maximum absolute atomic E-state index is 10.2.